The highest BCUT2D eigenvalue weighted by molar-refractivity contribution is 6.31. The van der Waals surface area contributed by atoms with E-state index in [9.17, 15) is 0 Å². The number of nitrogens with zero attached hydrogens (tertiary/aromatic N) is 2. The van der Waals surface area contributed by atoms with Gasteiger partial charge in [0.2, 0.25) is 0 Å². The number of rotatable bonds is 2. The van der Waals surface area contributed by atoms with E-state index in [-0.39, 0.29) is 5.41 Å². The second-order valence-corrected chi connectivity index (χ2v) is 6.59. The molecule has 100 valence electrons. The third kappa shape index (κ3) is 1.79. The van der Waals surface area contributed by atoms with Crippen molar-refractivity contribution in [1.82, 2.24) is 14.9 Å². The normalized spacial score (nSPS) is 27.3. The summed E-state index contributed by atoms with van der Waals surface area (Å²) in [5.41, 5.74) is 2.45. The third-order valence-electron chi connectivity index (χ3n) is 4.47. The quantitative estimate of drug-likeness (QED) is 0.912. The van der Waals surface area contributed by atoms with Gasteiger partial charge in [0, 0.05) is 23.0 Å². The molecule has 19 heavy (non-hydrogen) atoms. The van der Waals surface area contributed by atoms with Crippen molar-refractivity contribution in [2.75, 3.05) is 13.1 Å². The van der Waals surface area contributed by atoms with E-state index in [2.05, 4.69) is 22.9 Å². The van der Waals surface area contributed by atoms with Crippen molar-refractivity contribution in [3.8, 4) is 0 Å². The minimum absolute atomic E-state index is 0.161. The van der Waals surface area contributed by atoms with Crippen molar-refractivity contribution in [1.29, 1.82) is 0 Å². The van der Waals surface area contributed by atoms with E-state index in [1.54, 1.807) is 0 Å². The van der Waals surface area contributed by atoms with Crippen LogP contribution in [0, 0.1) is 0 Å². The van der Waals surface area contributed by atoms with Crippen molar-refractivity contribution in [3.05, 3.63) is 29.0 Å². The fourth-order valence-corrected chi connectivity index (χ4v) is 3.37. The lowest BCUT2D eigenvalue weighted by molar-refractivity contribution is 0.462. The molecule has 1 saturated carbocycles. The van der Waals surface area contributed by atoms with Crippen molar-refractivity contribution in [2.24, 2.45) is 0 Å². The largest absolute Gasteiger partial charge is 0.324 e. The molecule has 0 spiro atoms. The van der Waals surface area contributed by atoms with Crippen molar-refractivity contribution in [2.45, 2.75) is 37.6 Å². The average Bonchev–Trinajstić information content (AvgIpc) is 3.01. The maximum Gasteiger partial charge on any atom is 0.117 e. The minimum atomic E-state index is 0.161. The van der Waals surface area contributed by atoms with Crippen LogP contribution >= 0.6 is 11.6 Å². The summed E-state index contributed by atoms with van der Waals surface area (Å²) >= 11 is 6.11. The predicted molar refractivity (Wildman–Crippen MR) is 77.9 cm³/mol. The van der Waals surface area contributed by atoms with Crippen LogP contribution in [0.4, 0.5) is 0 Å². The predicted octanol–water partition coefficient (Wildman–Crippen LogP) is 3.28. The molecule has 1 unspecified atom stereocenters. The van der Waals surface area contributed by atoms with Gasteiger partial charge in [0.1, 0.15) is 5.82 Å². The zero-order valence-corrected chi connectivity index (χ0v) is 11.9. The molecule has 2 aliphatic rings. The molecule has 1 aromatic heterocycles. The number of hydrogen-bond acceptors (Lipinski definition) is 2. The molecule has 2 fully saturated rings. The van der Waals surface area contributed by atoms with E-state index in [0.29, 0.717) is 6.04 Å². The van der Waals surface area contributed by atoms with Crippen LogP contribution in [0.5, 0.6) is 0 Å². The van der Waals surface area contributed by atoms with Gasteiger partial charge in [0.25, 0.3) is 0 Å². The Morgan fingerprint density at radius 1 is 1.42 bits per heavy atom. The molecule has 3 nitrogen and oxygen atoms in total. The van der Waals surface area contributed by atoms with E-state index in [1.807, 2.05) is 12.1 Å². The van der Waals surface area contributed by atoms with Gasteiger partial charge in [0.05, 0.1) is 11.0 Å². The summed E-state index contributed by atoms with van der Waals surface area (Å²) in [4.78, 5) is 4.93. The lowest BCUT2D eigenvalue weighted by Gasteiger charge is -2.23. The van der Waals surface area contributed by atoms with E-state index in [1.165, 1.54) is 24.2 Å². The SMILES string of the molecule is CC1(c2nc3cc(Cl)ccc3n2C2CC2)CCNC1. The fourth-order valence-electron chi connectivity index (χ4n) is 3.21. The van der Waals surface area contributed by atoms with Gasteiger partial charge in [-0.05, 0) is 44.0 Å². The highest BCUT2D eigenvalue weighted by atomic mass is 35.5. The van der Waals surface area contributed by atoms with Crippen LogP contribution in [0.25, 0.3) is 11.0 Å². The van der Waals surface area contributed by atoms with Gasteiger partial charge in [-0.1, -0.05) is 18.5 Å². The molecular weight excluding hydrogens is 258 g/mol. The van der Waals surface area contributed by atoms with Gasteiger partial charge in [0.15, 0.2) is 0 Å². The summed E-state index contributed by atoms with van der Waals surface area (Å²) in [6.45, 7) is 4.44. The van der Waals surface area contributed by atoms with Crippen LogP contribution in [0.2, 0.25) is 5.02 Å². The van der Waals surface area contributed by atoms with Crippen LogP contribution in [-0.4, -0.2) is 22.6 Å². The number of fused-ring (bicyclic) bond motifs is 1. The standard InChI is InChI=1S/C15H18ClN3/c1-15(6-7-17-9-15)14-18-12-8-10(16)2-5-13(12)19(14)11-3-4-11/h2,5,8,11,17H,3-4,6-7,9H2,1H3. The number of hydrogen-bond donors (Lipinski definition) is 1. The molecule has 0 bridgehead atoms. The van der Waals surface area contributed by atoms with Gasteiger partial charge in [-0.2, -0.15) is 0 Å². The Morgan fingerprint density at radius 2 is 2.26 bits per heavy atom. The highest BCUT2D eigenvalue weighted by Crippen LogP contribution is 2.43. The molecular formula is C15H18ClN3. The van der Waals surface area contributed by atoms with Gasteiger partial charge >= 0.3 is 0 Å². The molecule has 2 heterocycles. The summed E-state index contributed by atoms with van der Waals surface area (Å²) in [5, 5.41) is 4.25. The Bertz CT molecular complexity index is 636. The Hall–Kier alpha value is -1.06. The molecule has 0 radical (unpaired) electrons. The highest BCUT2D eigenvalue weighted by Gasteiger charge is 2.39. The Balaban J connectivity index is 1.96. The molecule has 1 atom stereocenters. The second-order valence-electron chi connectivity index (χ2n) is 6.16. The first-order valence-corrected chi connectivity index (χ1v) is 7.44. The molecule has 4 heteroatoms. The van der Waals surface area contributed by atoms with E-state index >= 15 is 0 Å². The van der Waals surface area contributed by atoms with E-state index in [4.69, 9.17) is 16.6 Å². The van der Waals surface area contributed by atoms with Crippen LogP contribution < -0.4 is 5.32 Å². The van der Waals surface area contributed by atoms with Gasteiger partial charge in [-0.25, -0.2) is 4.98 Å². The zero-order valence-electron chi connectivity index (χ0n) is 11.1. The average molecular weight is 276 g/mol. The topological polar surface area (TPSA) is 29.9 Å². The summed E-state index contributed by atoms with van der Waals surface area (Å²) < 4.78 is 2.47. The summed E-state index contributed by atoms with van der Waals surface area (Å²) in [6, 6.07) is 6.74. The Labute approximate surface area is 118 Å². The van der Waals surface area contributed by atoms with Crippen LogP contribution in [0.3, 0.4) is 0 Å². The molecule has 4 rings (SSSR count). The molecule has 1 aliphatic carbocycles. The molecule has 1 saturated heterocycles. The monoisotopic (exact) mass is 275 g/mol. The van der Waals surface area contributed by atoms with Gasteiger partial charge < -0.3 is 9.88 Å². The van der Waals surface area contributed by atoms with E-state index in [0.717, 1.165) is 30.0 Å². The number of imidazole rings is 1. The van der Waals surface area contributed by atoms with Crippen LogP contribution in [-0.2, 0) is 5.41 Å². The smallest absolute Gasteiger partial charge is 0.117 e. The molecule has 1 aromatic carbocycles. The summed E-state index contributed by atoms with van der Waals surface area (Å²) in [7, 11) is 0. The van der Waals surface area contributed by atoms with Gasteiger partial charge in [-0.15, -0.1) is 0 Å². The number of nitrogens with one attached hydrogen (secondary N) is 1. The fraction of sp³-hybridized carbons (Fsp3) is 0.533. The van der Waals surface area contributed by atoms with Crippen molar-refractivity contribution >= 4 is 22.6 Å². The molecule has 1 N–H and O–H groups in total. The first-order chi connectivity index (χ1) is 9.17. The first-order valence-electron chi connectivity index (χ1n) is 7.06. The maximum absolute atomic E-state index is 6.11. The minimum Gasteiger partial charge on any atom is -0.324 e. The third-order valence-corrected chi connectivity index (χ3v) is 4.71. The summed E-state index contributed by atoms with van der Waals surface area (Å²) in [5.74, 6) is 1.25. The van der Waals surface area contributed by atoms with Crippen molar-refractivity contribution in [3.63, 3.8) is 0 Å². The number of aromatic nitrogens is 2. The van der Waals surface area contributed by atoms with Gasteiger partial charge in [-0.3, -0.25) is 0 Å². The van der Waals surface area contributed by atoms with Crippen LogP contribution in [0.1, 0.15) is 38.1 Å². The van der Waals surface area contributed by atoms with E-state index < -0.39 is 0 Å². The first kappa shape index (κ1) is 11.7. The second kappa shape index (κ2) is 3.97. The molecule has 0 amide bonds. The lowest BCUT2D eigenvalue weighted by atomic mass is 9.88. The zero-order chi connectivity index (χ0) is 13.0. The van der Waals surface area contributed by atoms with Crippen LogP contribution in [0.15, 0.2) is 18.2 Å². The molecule has 2 aromatic rings. The van der Waals surface area contributed by atoms with Crippen molar-refractivity contribution < 1.29 is 0 Å². The maximum atomic E-state index is 6.11. The number of halogens is 1. The lowest BCUT2D eigenvalue weighted by Crippen LogP contribution is -2.29. The number of benzene rings is 1. The Kier molecular flexibility index (Phi) is 2.45. The molecule has 1 aliphatic heterocycles. The summed E-state index contributed by atoms with van der Waals surface area (Å²) in [6.07, 6.45) is 3.73. The Morgan fingerprint density at radius 3 is 2.95 bits per heavy atom.